The molecule has 78 valence electrons. The van der Waals surface area contributed by atoms with E-state index in [0.717, 1.165) is 11.1 Å². The molecule has 0 heterocycles. The van der Waals surface area contributed by atoms with Gasteiger partial charge in [-0.2, -0.15) is 0 Å². The van der Waals surface area contributed by atoms with Gasteiger partial charge >= 0.3 is 0 Å². The number of anilines is 1. The fourth-order valence-corrected chi connectivity index (χ4v) is 2.28. The molecule has 1 aromatic carbocycles. The van der Waals surface area contributed by atoms with Crippen molar-refractivity contribution < 1.29 is 0 Å². The first-order valence-electron chi connectivity index (χ1n) is 4.30. The molecule has 0 aromatic heterocycles. The zero-order chi connectivity index (χ0) is 11.0. The number of nitrogen functional groups attached to an aromatic ring is 1. The van der Waals surface area contributed by atoms with E-state index in [4.69, 9.17) is 40.5 Å². The predicted octanol–water partition coefficient (Wildman–Crippen LogP) is 4.66. The van der Waals surface area contributed by atoms with Crippen LogP contribution < -0.4 is 5.73 Å². The molecule has 1 aromatic rings. The van der Waals surface area contributed by atoms with Gasteiger partial charge in [0.05, 0.1) is 20.8 Å². The monoisotopic (exact) mass is 251 g/mol. The number of hydrogen-bond acceptors (Lipinski definition) is 1. The van der Waals surface area contributed by atoms with Gasteiger partial charge in [0.2, 0.25) is 0 Å². The molecule has 0 aliphatic heterocycles. The second kappa shape index (κ2) is 4.18. The quantitative estimate of drug-likeness (QED) is 0.571. The topological polar surface area (TPSA) is 26.0 Å². The third-order valence-corrected chi connectivity index (χ3v) is 3.64. The van der Waals surface area contributed by atoms with Crippen molar-refractivity contribution in [1.29, 1.82) is 0 Å². The smallest absolute Gasteiger partial charge is 0.0683 e. The Morgan fingerprint density at radius 3 is 1.93 bits per heavy atom. The minimum Gasteiger partial charge on any atom is -0.397 e. The van der Waals surface area contributed by atoms with Crippen LogP contribution in [0.2, 0.25) is 15.1 Å². The Balaban J connectivity index is 3.60. The van der Waals surface area contributed by atoms with E-state index in [2.05, 4.69) is 0 Å². The van der Waals surface area contributed by atoms with Gasteiger partial charge in [-0.1, -0.05) is 48.7 Å². The predicted molar refractivity (Wildman–Crippen MR) is 64.7 cm³/mol. The number of benzene rings is 1. The summed E-state index contributed by atoms with van der Waals surface area (Å²) in [5, 5.41) is 1.51. The Morgan fingerprint density at radius 1 is 1.00 bits per heavy atom. The fraction of sp³-hybridized carbons (Fsp3) is 0.400. The SMILES string of the molecule is Cc1c(Cl)c(N)c(C(C)C)c(Cl)c1Cl. The number of halogens is 3. The summed E-state index contributed by atoms with van der Waals surface area (Å²) in [7, 11) is 0. The fourth-order valence-electron chi connectivity index (χ4n) is 1.38. The van der Waals surface area contributed by atoms with Crippen molar-refractivity contribution in [1.82, 2.24) is 0 Å². The second-order valence-electron chi connectivity index (χ2n) is 3.55. The van der Waals surface area contributed by atoms with E-state index in [1.54, 1.807) is 6.92 Å². The molecule has 0 radical (unpaired) electrons. The number of rotatable bonds is 1. The van der Waals surface area contributed by atoms with Crippen LogP contribution in [0.1, 0.15) is 30.9 Å². The van der Waals surface area contributed by atoms with Crippen molar-refractivity contribution in [2.45, 2.75) is 26.7 Å². The molecule has 0 spiro atoms. The first kappa shape index (κ1) is 12.0. The van der Waals surface area contributed by atoms with Gasteiger partial charge in [-0.25, -0.2) is 0 Å². The maximum Gasteiger partial charge on any atom is 0.0683 e. The molecule has 0 fully saturated rings. The van der Waals surface area contributed by atoms with E-state index in [0.29, 0.717) is 20.8 Å². The minimum atomic E-state index is 0.207. The third kappa shape index (κ3) is 1.81. The van der Waals surface area contributed by atoms with Crippen molar-refractivity contribution in [2.75, 3.05) is 5.73 Å². The molecule has 2 N–H and O–H groups in total. The summed E-state index contributed by atoms with van der Waals surface area (Å²) in [5.74, 6) is 0.207. The molecule has 0 saturated heterocycles. The zero-order valence-corrected chi connectivity index (χ0v) is 10.6. The standard InChI is InChI=1S/C10H12Cl3N/c1-4(2)6-9(13)7(11)5(3)8(12)10(6)14/h4H,14H2,1-3H3. The second-order valence-corrected chi connectivity index (χ2v) is 4.68. The summed E-state index contributed by atoms with van der Waals surface area (Å²) >= 11 is 18.2. The molecule has 4 heteroatoms. The average Bonchev–Trinajstić information content (AvgIpc) is 2.11. The van der Waals surface area contributed by atoms with Crippen LogP contribution in [-0.4, -0.2) is 0 Å². The van der Waals surface area contributed by atoms with E-state index >= 15 is 0 Å². The summed E-state index contributed by atoms with van der Waals surface area (Å²) < 4.78 is 0. The van der Waals surface area contributed by atoms with Gasteiger partial charge in [-0.05, 0) is 24.0 Å². The highest BCUT2D eigenvalue weighted by molar-refractivity contribution is 6.45. The molecular formula is C10H12Cl3N. The van der Waals surface area contributed by atoms with Crippen LogP contribution in [0.3, 0.4) is 0 Å². The van der Waals surface area contributed by atoms with Crippen molar-refractivity contribution in [3.63, 3.8) is 0 Å². The van der Waals surface area contributed by atoms with E-state index < -0.39 is 0 Å². The highest BCUT2D eigenvalue weighted by Gasteiger charge is 2.18. The lowest BCUT2D eigenvalue weighted by molar-refractivity contribution is 0.869. The largest absolute Gasteiger partial charge is 0.397 e. The highest BCUT2D eigenvalue weighted by Crippen LogP contribution is 2.42. The molecule has 0 aliphatic rings. The zero-order valence-electron chi connectivity index (χ0n) is 8.29. The normalized spacial score (nSPS) is 11.1. The number of hydrogen-bond donors (Lipinski definition) is 1. The van der Waals surface area contributed by atoms with E-state index in [1.807, 2.05) is 13.8 Å². The molecule has 0 amide bonds. The Morgan fingerprint density at radius 2 is 1.50 bits per heavy atom. The summed E-state index contributed by atoms with van der Waals surface area (Å²) in [6.45, 7) is 5.80. The van der Waals surface area contributed by atoms with Crippen LogP contribution in [0.5, 0.6) is 0 Å². The van der Waals surface area contributed by atoms with E-state index in [9.17, 15) is 0 Å². The van der Waals surface area contributed by atoms with Crippen LogP contribution in [0.25, 0.3) is 0 Å². The molecule has 14 heavy (non-hydrogen) atoms. The van der Waals surface area contributed by atoms with E-state index in [-0.39, 0.29) is 5.92 Å². The summed E-state index contributed by atoms with van der Waals surface area (Å²) in [4.78, 5) is 0. The van der Waals surface area contributed by atoms with Crippen LogP contribution in [0.15, 0.2) is 0 Å². The van der Waals surface area contributed by atoms with Gasteiger partial charge in [-0.15, -0.1) is 0 Å². The minimum absolute atomic E-state index is 0.207. The first-order chi connectivity index (χ1) is 6.37. The van der Waals surface area contributed by atoms with Crippen LogP contribution in [-0.2, 0) is 0 Å². The summed E-state index contributed by atoms with van der Waals surface area (Å²) in [6.07, 6.45) is 0. The average molecular weight is 253 g/mol. The molecule has 0 aliphatic carbocycles. The molecule has 0 unspecified atom stereocenters. The molecule has 0 atom stereocenters. The van der Waals surface area contributed by atoms with Crippen molar-refractivity contribution in [2.24, 2.45) is 0 Å². The van der Waals surface area contributed by atoms with Crippen molar-refractivity contribution in [3.05, 3.63) is 26.2 Å². The lowest BCUT2D eigenvalue weighted by Gasteiger charge is -2.16. The highest BCUT2D eigenvalue weighted by atomic mass is 35.5. The van der Waals surface area contributed by atoms with Gasteiger partial charge < -0.3 is 5.73 Å². The Bertz CT molecular complexity index is 343. The van der Waals surface area contributed by atoms with Gasteiger partial charge in [0.1, 0.15) is 0 Å². The van der Waals surface area contributed by atoms with Crippen molar-refractivity contribution >= 4 is 40.5 Å². The molecule has 1 nitrogen and oxygen atoms in total. The van der Waals surface area contributed by atoms with Crippen LogP contribution in [0, 0.1) is 6.92 Å². The van der Waals surface area contributed by atoms with Gasteiger partial charge in [0.15, 0.2) is 0 Å². The summed E-state index contributed by atoms with van der Waals surface area (Å²) in [5.41, 5.74) is 7.98. The number of nitrogens with two attached hydrogens (primary N) is 1. The molecule has 0 saturated carbocycles. The lowest BCUT2D eigenvalue weighted by atomic mass is 9.99. The van der Waals surface area contributed by atoms with Gasteiger partial charge in [0.25, 0.3) is 0 Å². The third-order valence-electron chi connectivity index (χ3n) is 2.19. The van der Waals surface area contributed by atoms with Crippen LogP contribution in [0.4, 0.5) is 5.69 Å². The Hall–Kier alpha value is -0.110. The first-order valence-corrected chi connectivity index (χ1v) is 5.43. The van der Waals surface area contributed by atoms with Crippen LogP contribution >= 0.6 is 34.8 Å². The molecule has 1 rings (SSSR count). The Kier molecular flexibility index (Phi) is 3.57. The van der Waals surface area contributed by atoms with Gasteiger partial charge in [-0.3, -0.25) is 0 Å². The van der Waals surface area contributed by atoms with Gasteiger partial charge in [0, 0.05) is 0 Å². The maximum absolute atomic E-state index is 6.10. The lowest BCUT2D eigenvalue weighted by Crippen LogP contribution is -2.01. The maximum atomic E-state index is 6.10. The molecular weight excluding hydrogens is 240 g/mol. The summed E-state index contributed by atoms with van der Waals surface area (Å²) in [6, 6.07) is 0. The Labute approximate surface area is 99.1 Å². The van der Waals surface area contributed by atoms with E-state index in [1.165, 1.54) is 0 Å². The van der Waals surface area contributed by atoms with Crippen molar-refractivity contribution in [3.8, 4) is 0 Å². The molecule has 0 bridgehead atoms.